The molecule has 1 atom stereocenters. The van der Waals surface area contributed by atoms with Gasteiger partial charge in [0, 0.05) is 16.8 Å². The summed E-state index contributed by atoms with van der Waals surface area (Å²) >= 11 is 1.26. The third-order valence-electron chi connectivity index (χ3n) is 5.73. The molecule has 2 amide bonds. The lowest BCUT2D eigenvalue weighted by molar-refractivity contribution is -0.128. The quantitative estimate of drug-likeness (QED) is 0.497. The Morgan fingerprint density at radius 1 is 1.21 bits per heavy atom. The van der Waals surface area contributed by atoms with Crippen molar-refractivity contribution in [2.24, 2.45) is 5.41 Å². The minimum Gasteiger partial charge on any atom is -0.454 e. The molecule has 2 aromatic rings. The molecule has 2 aliphatic rings. The Hall–Kier alpha value is -3.20. The first-order valence-corrected chi connectivity index (χ1v) is 11.7. The Morgan fingerprint density at radius 3 is 2.76 bits per heavy atom. The lowest BCUT2D eigenvalue weighted by atomic mass is 9.96. The second-order valence-electron chi connectivity index (χ2n) is 9.27. The summed E-state index contributed by atoms with van der Waals surface area (Å²) in [7, 11) is 0. The van der Waals surface area contributed by atoms with E-state index in [1.807, 2.05) is 26.8 Å². The summed E-state index contributed by atoms with van der Waals surface area (Å²) in [5, 5.41) is 5.71. The number of esters is 1. The van der Waals surface area contributed by atoms with Crippen LogP contribution in [0.15, 0.2) is 30.3 Å². The average molecular weight is 470 g/mol. The fraction of sp³-hybridized carbons (Fsp3) is 0.417. The van der Waals surface area contributed by atoms with Gasteiger partial charge in [-0.2, -0.15) is 0 Å². The Labute approximate surface area is 196 Å². The van der Waals surface area contributed by atoms with Gasteiger partial charge in [-0.1, -0.05) is 20.8 Å². The van der Waals surface area contributed by atoms with Gasteiger partial charge in [-0.05, 0) is 43.2 Å². The standard InChI is InChI=1S/C24H27N3O5S/c1-24(2,3)23(31)25-12-15-7-9-20(33-15)19(28)13-32-22(30)14-6-8-17-16(11-14)26-21(29)18-5-4-10-27(17)18/h6-9,11,18H,4-5,10,12-13H2,1-3H3,(H,25,31)(H,26,29)/t18-/m1/s1. The Kier molecular flexibility index (Phi) is 6.25. The molecule has 174 valence electrons. The normalized spacial score (nSPS) is 17.1. The van der Waals surface area contributed by atoms with Gasteiger partial charge in [0.05, 0.1) is 28.4 Å². The molecule has 3 heterocycles. The number of rotatable bonds is 6. The molecule has 1 saturated heterocycles. The van der Waals surface area contributed by atoms with E-state index in [4.69, 9.17) is 4.74 Å². The van der Waals surface area contributed by atoms with Gasteiger partial charge in [0.25, 0.3) is 0 Å². The molecule has 1 aromatic carbocycles. The highest BCUT2D eigenvalue weighted by molar-refractivity contribution is 7.14. The molecule has 1 fully saturated rings. The van der Waals surface area contributed by atoms with Crippen molar-refractivity contribution in [2.75, 3.05) is 23.4 Å². The number of ketones is 1. The summed E-state index contributed by atoms with van der Waals surface area (Å²) in [5.74, 6) is -1.07. The highest BCUT2D eigenvalue weighted by Crippen LogP contribution is 2.37. The molecule has 0 unspecified atom stereocenters. The van der Waals surface area contributed by atoms with E-state index in [0.29, 0.717) is 17.1 Å². The van der Waals surface area contributed by atoms with Crippen LogP contribution >= 0.6 is 11.3 Å². The predicted molar refractivity (Wildman–Crippen MR) is 126 cm³/mol. The maximum Gasteiger partial charge on any atom is 0.338 e. The Bertz CT molecular complexity index is 1120. The van der Waals surface area contributed by atoms with Crippen molar-refractivity contribution in [2.45, 2.75) is 46.2 Å². The molecule has 4 rings (SSSR count). The fourth-order valence-corrected chi connectivity index (χ4v) is 4.77. The molecule has 0 spiro atoms. The molecule has 33 heavy (non-hydrogen) atoms. The molecule has 2 N–H and O–H groups in total. The van der Waals surface area contributed by atoms with Gasteiger partial charge >= 0.3 is 5.97 Å². The number of amides is 2. The van der Waals surface area contributed by atoms with Crippen LogP contribution in [0.3, 0.4) is 0 Å². The third kappa shape index (κ3) is 4.93. The molecule has 8 nitrogen and oxygen atoms in total. The van der Waals surface area contributed by atoms with Crippen LogP contribution in [0.2, 0.25) is 0 Å². The Balaban J connectivity index is 1.33. The largest absolute Gasteiger partial charge is 0.454 e. The van der Waals surface area contributed by atoms with Gasteiger partial charge in [0.15, 0.2) is 6.61 Å². The van der Waals surface area contributed by atoms with E-state index in [1.54, 1.807) is 24.3 Å². The number of benzene rings is 1. The van der Waals surface area contributed by atoms with E-state index in [-0.39, 0.29) is 35.8 Å². The molecular formula is C24H27N3O5S. The number of carbonyl (C=O) groups is 4. The molecule has 0 aliphatic carbocycles. The minimum absolute atomic E-state index is 0.0621. The topological polar surface area (TPSA) is 105 Å². The number of thiophene rings is 1. The lowest BCUT2D eigenvalue weighted by Crippen LogP contribution is -2.43. The van der Waals surface area contributed by atoms with Crippen LogP contribution in [0.5, 0.6) is 0 Å². The van der Waals surface area contributed by atoms with Crippen LogP contribution in [-0.4, -0.2) is 42.8 Å². The third-order valence-corrected chi connectivity index (χ3v) is 6.86. The van der Waals surface area contributed by atoms with E-state index in [0.717, 1.165) is 30.0 Å². The first-order chi connectivity index (χ1) is 15.6. The van der Waals surface area contributed by atoms with E-state index < -0.39 is 11.4 Å². The zero-order valence-electron chi connectivity index (χ0n) is 18.9. The summed E-state index contributed by atoms with van der Waals surface area (Å²) in [4.78, 5) is 52.6. The van der Waals surface area contributed by atoms with Crippen molar-refractivity contribution in [3.63, 3.8) is 0 Å². The second kappa shape index (κ2) is 8.97. The number of Topliss-reactive ketones (excluding diaryl/α,β-unsaturated/α-hetero) is 1. The molecule has 2 aliphatic heterocycles. The summed E-state index contributed by atoms with van der Waals surface area (Å²) in [6.07, 6.45) is 1.78. The molecule has 9 heteroatoms. The highest BCUT2D eigenvalue weighted by Gasteiger charge is 2.36. The highest BCUT2D eigenvalue weighted by atomic mass is 32.1. The maximum absolute atomic E-state index is 12.5. The average Bonchev–Trinajstić information content (AvgIpc) is 3.45. The Morgan fingerprint density at radius 2 is 2.00 bits per heavy atom. The molecule has 0 saturated carbocycles. The maximum atomic E-state index is 12.5. The van der Waals surface area contributed by atoms with Crippen LogP contribution in [0.25, 0.3) is 0 Å². The molecular weight excluding hydrogens is 442 g/mol. The smallest absolute Gasteiger partial charge is 0.338 e. The van der Waals surface area contributed by atoms with Crippen molar-refractivity contribution in [1.29, 1.82) is 0 Å². The van der Waals surface area contributed by atoms with Crippen molar-refractivity contribution in [3.8, 4) is 0 Å². The van der Waals surface area contributed by atoms with Crippen LogP contribution in [0.4, 0.5) is 11.4 Å². The fourth-order valence-electron chi connectivity index (χ4n) is 3.90. The van der Waals surface area contributed by atoms with Crippen LogP contribution in [0.1, 0.15) is 58.5 Å². The van der Waals surface area contributed by atoms with Crippen molar-refractivity contribution < 1.29 is 23.9 Å². The van der Waals surface area contributed by atoms with Crippen molar-refractivity contribution in [1.82, 2.24) is 5.32 Å². The van der Waals surface area contributed by atoms with Crippen molar-refractivity contribution >= 4 is 46.3 Å². The van der Waals surface area contributed by atoms with Crippen LogP contribution < -0.4 is 15.5 Å². The van der Waals surface area contributed by atoms with Gasteiger partial charge < -0.3 is 20.3 Å². The molecule has 0 radical (unpaired) electrons. The molecule has 0 bridgehead atoms. The van der Waals surface area contributed by atoms with E-state index in [1.165, 1.54) is 11.3 Å². The summed E-state index contributed by atoms with van der Waals surface area (Å²) < 4.78 is 5.22. The zero-order chi connectivity index (χ0) is 23.8. The summed E-state index contributed by atoms with van der Waals surface area (Å²) in [5.41, 5.74) is 1.27. The van der Waals surface area contributed by atoms with Gasteiger partial charge in [-0.25, -0.2) is 4.79 Å². The van der Waals surface area contributed by atoms with E-state index >= 15 is 0 Å². The number of anilines is 2. The van der Waals surface area contributed by atoms with Crippen molar-refractivity contribution in [3.05, 3.63) is 45.6 Å². The molecule has 1 aromatic heterocycles. The van der Waals surface area contributed by atoms with Gasteiger partial charge in [0.2, 0.25) is 17.6 Å². The van der Waals surface area contributed by atoms with E-state index in [9.17, 15) is 19.2 Å². The monoisotopic (exact) mass is 469 g/mol. The second-order valence-corrected chi connectivity index (χ2v) is 10.4. The number of hydrogen-bond donors (Lipinski definition) is 2. The predicted octanol–water partition coefficient (Wildman–Crippen LogP) is 3.37. The van der Waals surface area contributed by atoms with Gasteiger partial charge in [0.1, 0.15) is 6.04 Å². The number of carbonyl (C=O) groups excluding carboxylic acids is 4. The minimum atomic E-state index is -0.627. The van der Waals surface area contributed by atoms with Gasteiger partial charge in [-0.15, -0.1) is 11.3 Å². The summed E-state index contributed by atoms with van der Waals surface area (Å²) in [6.45, 7) is 6.27. The number of nitrogens with one attached hydrogen (secondary N) is 2. The zero-order valence-corrected chi connectivity index (χ0v) is 19.7. The lowest BCUT2D eigenvalue weighted by Gasteiger charge is -2.33. The van der Waals surface area contributed by atoms with E-state index in [2.05, 4.69) is 15.5 Å². The number of nitrogens with zero attached hydrogens (tertiary/aromatic N) is 1. The number of fused-ring (bicyclic) bond motifs is 3. The first-order valence-electron chi connectivity index (χ1n) is 10.9. The first kappa shape index (κ1) is 23.0. The SMILES string of the molecule is CC(C)(C)C(=O)NCc1ccc(C(=O)COC(=O)c2ccc3c(c2)NC(=O)[C@H]2CCCN32)s1. The summed E-state index contributed by atoms with van der Waals surface area (Å²) in [6, 6.07) is 8.35. The van der Waals surface area contributed by atoms with Gasteiger partial charge in [-0.3, -0.25) is 14.4 Å². The van der Waals surface area contributed by atoms with Crippen LogP contribution in [0, 0.1) is 5.41 Å². The number of ether oxygens (including phenoxy) is 1. The van der Waals surface area contributed by atoms with Crippen LogP contribution in [-0.2, 0) is 20.9 Å². The number of hydrogen-bond acceptors (Lipinski definition) is 7.